The summed E-state index contributed by atoms with van der Waals surface area (Å²) in [6.45, 7) is 1.81. The van der Waals surface area contributed by atoms with Crippen LogP contribution in [-0.2, 0) is 11.2 Å². The van der Waals surface area contributed by atoms with E-state index in [0.29, 0.717) is 0 Å². The lowest BCUT2D eigenvalue weighted by atomic mass is 10.1. The van der Waals surface area contributed by atoms with Crippen LogP contribution in [0, 0.1) is 6.92 Å². The van der Waals surface area contributed by atoms with Gasteiger partial charge in [-0.2, -0.15) is 5.10 Å². The van der Waals surface area contributed by atoms with E-state index in [0.717, 1.165) is 28.3 Å². The zero-order chi connectivity index (χ0) is 16.9. The van der Waals surface area contributed by atoms with Crippen LogP contribution in [0.2, 0.25) is 0 Å². The van der Waals surface area contributed by atoms with Gasteiger partial charge in [-0.25, -0.2) is 10.4 Å². The molecule has 1 heterocycles. The molecule has 0 fully saturated rings. The summed E-state index contributed by atoms with van der Waals surface area (Å²) >= 11 is 1.43. The molecule has 1 amide bonds. The average molecular weight is 339 g/mol. The van der Waals surface area contributed by atoms with Crippen LogP contribution in [-0.4, -0.2) is 28.0 Å². The minimum absolute atomic E-state index is 0.176. The van der Waals surface area contributed by atoms with E-state index in [2.05, 4.69) is 21.6 Å². The summed E-state index contributed by atoms with van der Waals surface area (Å²) in [5.74, 6) is 0.343. The van der Waals surface area contributed by atoms with Gasteiger partial charge in [0.2, 0.25) is 5.91 Å². The number of nitrogens with zero attached hydrogens (tertiary/aromatic N) is 2. The van der Waals surface area contributed by atoms with Crippen LogP contribution in [0.15, 0.2) is 52.6 Å². The van der Waals surface area contributed by atoms with Gasteiger partial charge in [-0.05, 0) is 47.9 Å². The van der Waals surface area contributed by atoms with Crippen LogP contribution in [0.25, 0.3) is 0 Å². The summed E-state index contributed by atoms with van der Waals surface area (Å²) in [4.78, 5) is 16.4. The Morgan fingerprint density at radius 2 is 2.21 bits per heavy atom. The number of aromatic hydroxyl groups is 1. The number of hydrogen-bond acceptors (Lipinski definition) is 5. The second-order valence-electron chi connectivity index (χ2n) is 5.44. The minimum atomic E-state index is -0.176. The van der Waals surface area contributed by atoms with E-state index in [4.69, 9.17) is 0 Å². The lowest BCUT2D eigenvalue weighted by Crippen LogP contribution is -2.20. The Hall–Kier alpha value is -2.60. The van der Waals surface area contributed by atoms with Crippen molar-refractivity contribution in [1.29, 1.82) is 0 Å². The number of hydrazone groups is 1. The highest BCUT2D eigenvalue weighted by molar-refractivity contribution is 8.14. The molecule has 2 aromatic carbocycles. The van der Waals surface area contributed by atoms with Gasteiger partial charge in [0.1, 0.15) is 5.75 Å². The second kappa shape index (κ2) is 7.31. The van der Waals surface area contributed by atoms with Crippen molar-refractivity contribution in [3.05, 3.63) is 59.2 Å². The largest absolute Gasteiger partial charge is 0.508 e. The number of rotatable bonds is 4. The van der Waals surface area contributed by atoms with Gasteiger partial charge in [-0.15, -0.1) is 11.8 Å². The number of para-hydroxylation sites is 1. The molecule has 0 unspecified atom stereocenters. The van der Waals surface area contributed by atoms with Gasteiger partial charge in [0.05, 0.1) is 22.7 Å². The van der Waals surface area contributed by atoms with Crippen molar-refractivity contribution in [3.8, 4) is 5.75 Å². The highest BCUT2D eigenvalue weighted by atomic mass is 32.2. The predicted molar refractivity (Wildman–Crippen MR) is 98.3 cm³/mol. The molecule has 0 aromatic heterocycles. The van der Waals surface area contributed by atoms with Crippen molar-refractivity contribution in [2.24, 2.45) is 10.1 Å². The molecule has 2 aromatic rings. The van der Waals surface area contributed by atoms with E-state index in [-0.39, 0.29) is 17.4 Å². The van der Waals surface area contributed by atoms with Crippen LogP contribution in [0.4, 0.5) is 5.69 Å². The molecule has 1 aliphatic heterocycles. The van der Waals surface area contributed by atoms with Gasteiger partial charge >= 0.3 is 0 Å². The topological polar surface area (TPSA) is 74.0 Å². The molecule has 3 rings (SSSR count). The number of aryl methyl sites for hydroxylation is 1. The first kappa shape index (κ1) is 16.3. The predicted octanol–water partition coefficient (Wildman–Crippen LogP) is 3.17. The number of phenols is 1. The van der Waals surface area contributed by atoms with Crippen molar-refractivity contribution in [1.82, 2.24) is 5.43 Å². The Labute approximate surface area is 144 Å². The summed E-state index contributed by atoms with van der Waals surface area (Å²) in [6, 6.07) is 13.1. The normalized spacial score (nSPS) is 13.0. The molecular weight excluding hydrogens is 322 g/mol. The van der Waals surface area contributed by atoms with Gasteiger partial charge < -0.3 is 5.11 Å². The fourth-order valence-corrected chi connectivity index (χ4v) is 3.09. The number of carbonyl (C=O) groups is 1. The lowest BCUT2D eigenvalue weighted by Gasteiger charge is -2.01. The molecule has 122 valence electrons. The lowest BCUT2D eigenvalue weighted by molar-refractivity contribution is -0.118. The molecule has 24 heavy (non-hydrogen) atoms. The van der Waals surface area contributed by atoms with E-state index >= 15 is 0 Å². The van der Waals surface area contributed by atoms with Crippen molar-refractivity contribution in [2.45, 2.75) is 13.3 Å². The minimum Gasteiger partial charge on any atom is -0.508 e. The molecule has 2 N–H and O–H groups in total. The molecule has 0 bridgehead atoms. The van der Waals surface area contributed by atoms with Crippen molar-refractivity contribution >= 4 is 34.6 Å². The Morgan fingerprint density at radius 3 is 3.00 bits per heavy atom. The van der Waals surface area contributed by atoms with Crippen LogP contribution in [0.1, 0.15) is 16.7 Å². The highest BCUT2D eigenvalue weighted by Crippen LogP contribution is 2.29. The first-order valence-corrected chi connectivity index (χ1v) is 8.50. The van der Waals surface area contributed by atoms with Crippen LogP contribution in [0.5, 0.6) is 5.75 Å². The Bertz CT molecular complexity index is 831. The summed E-state index contributed by atoms with van der Waals surface area (Å²) in [7, 11) is 0. The number of carbonyl (C=O) groups excluding carboxylic acids is 1. The Kier molecular flexibility index (Phi) is 4.96. The number of thioether (sulfide) groups is 1. The standard InChI is InChI=1S/C18H17N3O2S/c1-12-8-13(6-7-16(12)22)10-19-21-17(23)11-24-18-9-14-4-2-3-5-15(14)20-18/h2-8,10,22H,9,11H2,1H3,(H,21,23)/b19-10+. The third-order valence-electron chi connectivity index (χ3n) is 3.57. The Balaban J connectivity index is 1.47. The zero-order valence-corrected chi connectivity index (χ0v) is 14.0. The molecule has 0 radical (unpaired) electrons. The number of aliphatic imine (C=N–C) groups is 1. The smallest absolute Gasteiger partial charge is 0.250 e. The van der Waals surface area contributed by atoms with Gasteiger partial charge in [0, 0.05) is 6.42 Å². The summed E-state index contributed by atoms with van der Waals surface area (Å²) in [5.41, 5.74) is 6.26. The highest BCUT2D eigenvalue weighted by Gasteiger charge is 2.15. The quantitative estimate of drug-likeness (QED) is 0.664. The van der Waals surface area contributed by atoms with Gasteiger partial charge in [0.25, 0.3) is 0 Å². The fourth-order valence-electron chi connectivity index (χ4n) is 2.31. The molecule has 6 heteroatoms. The number of hydrogen-bond donors (Lipinski definition) is 2. The van der Waals surface area contributed by atoms with Gasteiger partial charge in [-0.3, -0.25) is 4.79 Å². The van der Waals surface area contributed by atoms with E-state index in [1.165, 1.54) is 17.3 Å². The second-order valence-corrected chi connectivity index (χ2v) is 6.49. The maximum atomic E-state index is 11.8. The molecule has 0 spiro atoms. The third-order valence-corrected chi connectivity index (χ3v) is 4.55. The van der Waals surface area contributed by atoms with E-state index in [9.17, 15) is 9.90 Å². The van der Waals surface area contributed by atoms with Crippen molar-refractivity contribution in [3.63, 3.8) is 0 Å². The van der Waals surface area contributed by atoms with Gasteiger partial charge in [-0.1, -0.05) is 18.2 Å². The number of nitrogens with one attached hydrogen (secondary N) is 1. The molecular formula is C18H17N3O2S. The molecule has 0 aliphatic carbocycles. The van der Waals surface area contributed by atoms with E-state index in [1.807, 2.05) is 25.1 Å². The van der Waals surface area contributed by atoms with Crippen LogP contribution in [0.3, 0.4) is 0 Å². The first-order valence-electron chi connectivity index (χ1n) is 7.51. The maximum Gasteiger partial charge on any atom is 0.250 e. The van der Waals surface area contributed by atoms with Crippen molar-refractivity contribution < 1.29 is 9.90 Å². The zero-order valence-electron chi connectivity index (χ0n) is 13.2. The average Bonchev–Trinajstić information content (AvgIpc) is 2.99. The molecule has 5 nitrogen and oxygen atoms in total. The summed E-state index contributed by atoms with van der Waals surface area (Å²) in [6.07, 6.45) is 2.34. The molecule has 0 saturated carbocycles. The SMILES string of the molecule is Cc1cc(/C=N/NC(=O)CSC2=Nc3ccccc3C2)ccc1O. The fraction of sp³-hybridized carbons (Fsp3) is 0.167. The third kappa shape index (κ3) is 4.02. The van der Waals surface area contributed by atoms with E-state index < -0.39 is 0 Å². The molecule has 1 aliphatic rings. The number of benzene rings is 2. The summed E-state index contributed by atoms with van der Waals surface area (Å²) < 4.78 is 0. The molecule has 0 atom stereocenters. The maximum absolute atomic E-state index is 11.8. The summed E-state index contributed by atoms with van der Waals surface area (Å²) in [5, 5.41) is 14.4. The van der Waals surface area contributed by atoms with Crippen LogP contribution >= 0.6 is 11.8 Å². The van der Waals surface area contributed by atoms with Crippen LogP contribution < -0.4 is 5.43 Å². The Morgan fingerprint density at radius 1 is 1.38 bits per heavy atom. The van der Waals surface area contributed by atoms with Crippen molar-refractivity contribution in [2.75, 3.05) is 5.75 Å². The first-order chi connectivity index (χ1) is 11.6. The number of amides is 1. The molecule has 0 saturated heterocycles. The number of fused-ring (bicyclic) bond motifs is 1. The van der Waals surface area contributed by atoms with E-state index in [1.54, 1.807) is 24.4 Å². The number of phenolic OH excluding ortho intramolecular Hbond substituents is 1. The monoisotopic (exact) mass is 339 g/mol. The van der Waals surface area contributed by atoms with Gasteiger partial charge in [0.15, 0.2) is 0 Å².